The van der Waals surface area contributed by atoms with Crippen LogP contribution in [0.15, 0.2) is 35.3 Å². The highest BCUT2D eigenvalue weighted by molar-refractivity contribution is 6.62. The topological polar surface area (TPSA) is 52.1 Å². The summed E-state index contributed by atoms with van der Waals surface area (Å²) in [4.78, 5) is 4.51. The molecule has 1 rings (SSSR count). The summed E-state index contributed by atoms with van der Waals surface area (Å²) in [5.74, 6) is 0. The molecule has 6 heteroatoms. The highest BCUT2D eigenvalue weighted by Crippen LogP contribution is 2.32. The predicted octanol–water partition coefficient (Wildman–Crippen LogP) is 3.38. The summed E-state index contributed by atoms with van der Waals surface area (Å²) in [7, 11) is 6.21. The Labute approximate surface area is 148 Å². The number of rotatable bonds is 10. The van der Waals surface area contributed by atoms with E-state index < -0.39 is 8.80 Å². The lowest BCUT2D eigenvalue weighted by Gasteiger charge is -2.32. The van der Waals surface area contributed by atoms with Gasteiger partial charge in [-0.05, 0) is 32.5 Å². The van der Waals surface area contributed by atoms with E-state index in [0.29, 0.717) is 0 Å². The summed E-state index contributed by atoms with van der Waals surface area (Å²) in [5, 5.41) is 2.75. The molecule has 0 saturated carbocycles. The van der Waals surface area contributed by atoms with Crippen LogP contribution < -0.4 is 5.32 Å². The Morgan fingerprint density at radius 2 is 1.58 bits per heavy atom. The minimum atomic E-state index is -2.57. The molecule has 138 valence electrons. The van der Waals surface area contributed by atoms with Crippen molar-refractivity contribution >= 4 is 15.0 Å². The van der Waals surface area contributed by atoms with Gasteiger partial charge in [0.25, 0.3) is 0 Å². The van der Waals surface area contributed by atoms with Gasteiger partial charge in [0.15, 0.2) is 0 Å². The van der Waals surface area contributed by atoms with Crippen molar-refractivity contribution in [2.45, 2.75) is 31.7 Å². The lowest BCUT2D eigenvalue weighted by atomic mass is 10.2. The molecule has 0 amide bonds. The minimum Gasteiger partial charge on any atom is -0.377 e. The first-order valence-corrected chi connectivity index (χ1v) is 10.2. The van der Waals surface area contributed by atoms with E-state index in [1.807, 2.05) is 50.6 Å². The second-order valence-corrected chi connectivity index (χ2v) is 8.68. The minimum absolute atomic E-state index is 0.287. The number of hydrogen-bond donors (Lipinski definition) is 1. The van der Waals surface area contributed by atoms with Crippen LogP contribution in [0.5, 0.6) is 0 Å². The molecule has 5 nitrogen and oxygen atoms in total. The maximum Gasteiger partial charge on any atom is 0.503 e. The van der Waals surface area contributed by atoms with Crippen LogP contribution in [-0.4, -0.2) is 57.0 Å². The Balaban J connectivity index is 0.00000163. The van der Waals surface area contributed by atoms with Crippen LogP contribution in [0.25, 0.3) is 0 Å². The Morgan fingerprint density at radius 1 is 1.04 bits per heavy atom. The van der Waals surface area contributed by atoms with E-state index >= 15 is 0 Å². The van der Waals surface area contributed by atoms with Crippen molar-refractivity contribution in [3.63, 3.8) is 0 Å². The molecule has 1 aromatic carbocycles. The smallest absolute Gasteiger partial charge is 0.377 e. The van der Waals surface area contributed by atoms with Gasteiger partial charge in [-0.3, -0.25) is 4.99 Å². The first-order chi connectivity index (χ1) is 11.6. The van der Waals surface area contributed by atoms with Crippen LogP contribution in [0.1, 0.15) is 31.7 Å². The van der Waals surface area contributed by atoms with Gasteiger partial charge in [0.2, 0.25) is 0 Å². The number of hydrogen-bond acceptors (Lipinski definition) is 5. The van der Waals surface area contributed by atoms with E-state index in [2.05, 4.69) is 17.2 Å². The molecule has 0 aromatic heterocycles. The molecule has 1 unspecified atom stereocenters. The van der Waals surface area contributed by atoms with Gasteiger partial charge >= 0.3 is 8.80 Å². The number of aliphatic imine (C=N–C) groups is 1. The van der Waals surface area contributed by atoms with Crippen LogP contribution in [0.4, 0.5) is 0 Å². The molecule has 0 spiro atoms. The van der Waals surface area contributed by atoms with Crippen LogP contribution in [0, 0.1) is 0 Å². The molecule has 0 bridgehead atoms. The molecule has 24 heavy (non-hydrogen) atoms. The molecular weight excluding hydrogens is 320 g/mol. The largest absolute Gasteiger partial charge is 0.503 e. The van der Waals surface area contributed by atoms with Crippen LogP contribution >= 0.6 is 0 Å². The van der Waals surface area contributed by atoms with Gasteiger partial charge in [-0.15, -0.1) is 0 Å². The summed E-state index contributed by atoms with van der Waals surface area (Å²) in [5.41, 5.74) is 1.41. The number of nitrogens with zero attached hydrogens (tertiary/aromatic N) is 1. The average Bonchev–Trinajstić information content (AvgIpc) is 2.62. The Morgan fingerprint density at radius 3 is 2.04 bits per heavy atom. The molecule has 0 aliphatic heterocycles. The fourth-order valence-electron chi connectivity index (χ4n) is 2.54. The van der Waals surface area contributed by atoms with Gasteiger partial charge in [0, 0.05) is 39.6 Å². The molecule has 0 radical (unpaired) electrons. The highest BCUT2D eigenvalue weighted by atomic mass is 28.4. The average molecular weight is 355 g/mol. The number of benzene rings is 1. The van der Waals surface area contributed by atoms with Crippen molar-refractivity contribution in [3.8, 4) is 0 Å². The molecule has 0 saturated heterocycles. The summed E-state index contributed by atoms with van der Waals surface area (Å²) < 4.78 is 16.8. The predicted molar refractivity (Wildman–Crippen MR) is 104 cm³/mol. The van der Waals surface area contributed by atoms with Crippen molar-refractivity contribution in [1.29, 1.82) is 0 Å². The van der Waals surface area contributed by atoms with Gasteiger partial charge in [-0.1, -0.05) is 43.7 Å². The fraction of sp³-hybridized carbons (Fsp3) is 0.611. The zero-order valence-corrected chi connectivity index (χ0v) is 17.0. The van der Waals surface area contributed by atoms with E-state index in [9.17, 15) is 0 Å². The first kappa shape index (κ1) is 22.9. The molecule has 1 N–H and O–H groups in total. The van der Waals surface area contributed by atoms with E-state index in [1.165, 1.54) is 0 Å². The second kappa shape index (κ2) is 14.3. The highest BCUT2D eigenvalue weighted by Gasteiger charge is 2.46. The van der Waals surface area contributed by atoms with Crippen LogP contribution in [-0.2, 0) is 13.3 Å². The zero-order valence-electron chi connectivity index (χ0n) is 16.0. The lowest BCUT2D eigenvalue weighted by molar-refractivity contribution is 0.108. The molecule has 1 aromatic rings. The summed E-state index contributed by atoms with van der Waals surface area (Å²) >= 11 is 0. The quantitative estimate of drug-likeness (QED) is 0.517. The fourth-order valence-corrected chi connectivity index (χ4v) is 5.16. The van der Waals surface area contributed by atoms with Crippen LogP contribution in [0.2, 0.25) is 5.54 Å². The normalized spacial score (nSPS) is 12.8. The van der Waals surface area contributed by atoms with E-state index in [4.69, 9.17) is 13.3 Å². The molecule has 0 fully saturated rings. The second-order valence-electron chi connectivity index (χ2n) is 5.44. The van der Waals surface area contributed by atoms with Gasteiger partial charge < -0.3 is 18.6 Å². The SMILES string of the molecule is CCCC(CCN=Cc1ccccc1)[Si](OC)(OC)OC.CNC. The van der Waals surface area contributed by atoms with E-state index in [-0.39, 0.29) is 5.54 Å². The van der Waals surface area contributed by atoms with Gasteiger partial charge in [-0.2, -0.15) is 0 Å². The third-order valence-electron chi connectivity index (χ3n) is 3.64. The van der Waals surface area contributed by atoms with Crippen molar-refractivity contribution in [1.82, 2.24) is 5.32 Å². The summed E-state index contributed by atoms with van der Waals surface area (Å²) in [6.07, 6.45) is 4.94. The lowest BCUT2D eigenvalue weighted by Crippen LogP contribution is -2.48. The molecule has 0 aliphatic rings. The van der Waals surface area contributed by atoms with Gasteiger partial charge in [0.05, 0.1) is 0 Å². The van der Waals surface area contributed by atoms with Crippen molar-refractivity contribution in [2.24, 2.45) is 4.99 Å². The summed E-state index contributed by atoms with van der Waals surface area (Å²) in [6, 6.07) is 10.1. The summed E-state index contributed by atoms with van der Waals surface area (Å²) in [6.45, 7) is 2.92. The van der Waals surface area contributed by atoms with Gasteiger partial charge in [-0.25, -0.2) is 0 Å². The maximum absolute atomic E-state index is 5.61. The monoisotopic (exact) mass is 354 g/mol. The van der Waals surface area contributed by atoms with E-state index in [1.54, 1.807) is 21.3 Å². The Bertz CT molecular complexity index is 417. The maximum atomic E-state index is 5.61. The van der Waals surface area contributed by atoms with Crippen molar-refractivity contribution in [2.75, 3.05) is 42.0 Å². The molecule has 0 heterocycles. The molecular formula is C18H34N2O3Si. The molecule has 0 aliphatic carbocycles. The standard InChI is InChI=1S/C16H27NO3Si.C2H7N/c1-5-9-16(21(18-2,19-3)20-4)12-13-17-14-15-10-7-6-8-11-15;1-3-2/h6-8,10-11,14,16H,5,9,12-13H2,1-4H3;3H,1-2H3. The third kappa shape index (κ3) is 8.17. The van der Waals surface area contributed by atoms with Gasteiger partial charge in [0.1, 0.15) is 0 Å². The Hall–Kier alpha value is -1.05. The number of nitrogens with one attached hydrogen (secondary N) is 1. The van der Waals surface area contributed by atoms with Crippen molar-refractivity contribution < 1.29 is 13.3 Å². The first-order valence-electron chi connectivity index (χ1n) is 8.42. The molecule has 1 atom stereocenters. The van der Waals surface area contributed by atoms with Crippen molar-refractivity contribution in [3.05, 3.63) is 35.9 Å². The van der Waals surface area contributed by atoms with E-state index in [0.717, 1.165) is 31.4 Å². The Kier molecular flexibility index (Phi) is 13.7. The van der Waals surface area contributed by atoms with Crippen LogP contribution in [0.3, 0.4) is 0 Å². The third-order valence-corrected chi connectivity index (χ3v) is 6.92. The zero-order chi connectivity index (χ0) is 18.3.